The minimum atomic E-state index is -2.46. The van der Waals surface area contributed by atoms with Gasteiger partial charge >= 0.3 is 0 Å². The molecule has 0 N–H and O–H groups in total. The molecule has 0 unspecified atom stereocenters. The van der Waals surface area contributed by atoms with E-state index >= 15 is 0 Å². The molecule has 1 nitrogen and oxygen atoms in total. The Hall–Kier alpha value is -6.22. The first-order valence-corrected chi connectivity index (χ1v) is 18.5. The first-order chi connectivity index (χ1) is 32.8. The van der Waals surface area contributed by atoms with Gasteiger partial charge in [-0.1, -0.05) is 141 Å². The molecule has 0 saturated carbocycles. The Bertz CT molecular complexity index is 3810. The summed E-state index contributed by atoms with van der Waals surface area (Å²) in [6, 6.07) is 17.8. The summed E-state index contributed by atoms with van der Waals surface area (Å²) in [5.74, 6) is 0. The highest BCUT2D eigenvalue weighted by Gasteiger charge is 2.51. The Labute approximate surface area is 340 Å². The maximum absolute atomic E-state index is 10.7. The van der Waals surface area contributed by atoms with Gasteiger partial charge in [-0.2, -0.15) is 0 Å². The average Bonchev–Trinajstić information content (AvgIpc) is 4.04. The zero-order chi connectivity index (χ0) is 48.8. The van der Waals surface area contributed by atoms with E-state index in [1.54, 1.807) is 16.2 Å². The largest absolute Gasteiger partial charge is 0.310 e. The fourth-order valence-corrected chi connectivity index (χ4v) is 10.2. The highest BCUT2D eigenvalue weighted by atomic mass is 32.1. The Morgan fingerprint density at radius 1 is 0.444 bits per heavy atom. The Balaban J connectivity index is 1.28. The third-order valence-electron chi connectivity index (χ3n) is 11.5. The van der Waals surface area contributed by atoms with Crippen LogP contribution in [0.4, 0.5) is 17.1 Å². The van der Waals surface area contributed by atoms with E-state index in [4.69, 9.17) is 8.22 Å². The molecule has 0 fully saturated rings. The number of nitrogens with zero attached hydrogens (tertiary/aromatic N) is 1. The van der Waals surface area contributed by atoms with Crippen molar-refractivity contribution in [2.24, 2.45) is 0 Å². The standard InChI is InChI=1S/C52H35NS/c1-51(2)43-18-8-3-13-35(43)39-26-23-33(30-47(39)51)53(32-25-28-50-42(29-32)41-17-7-12-22-49(41)54-50)34-24-27-40-38-16-6-11-21-46(38)52(48(40)31-34)44-19-9-4-14-36(44)37-15-5-10-20-45(37)52/h3-31H,1-2H3/i4D,5D,6D,9D,10D,11D,14D,15D,16D,19D,20D,21D,24D,27D,31D. The lowest BCUT2D eigenvalue weighted by Crippen LogP contribution is -2.26. The highest BCUT2D eigenvalue weighted by Crippen LogP contribution is 2.63. The molecule has 54 heavy (non-hydrogen) atoms. The van der Waals surface area contributed by atoms with Gasteiger partial charge in [-0.3, -0.25) is 0 Å². The van der Waals surface area contributed by atoms with E-state index in [0.29, 0.717) is 11.4 Å². The van der Waals surface area contributed by atoms with E-state index in [9.17, 15) is 12.3 Å². The van der Waals surface area contributed by atoms with E-state index < -0.39 is 101 Å². The van der Waals surface area contributed by atoms with Crippen molar-refractivity contribution in [1.82, 2.24) is 0 Å². The van der Waals surface area contributed by atoms with Crippen molar-refractivity contribution >= 4 is 48.6 Å². The van der Waals surface area contributed by atoms with Crippen molar-refractivity contribution in [3.8, 4) is 33.4 Å². The van der Waals surface area contributed by atoms with Crippen LogP contribution in [0.25, 0.3) is 53.6 Å². The first kappa shape index (κ1) is 19.2. The van der Waals surface area contributed by atoms with Crippen LogP contribution in [0.5, 0.6) is 0 Å². The second kappa shape index (κ2) is 10.7. The molecular weight excluding hydrogens is 671 g/mol. The van der Waals surface area contributed by atoms with Crippen LogP contribution in [0.1, 0.15) is 67.8 Å². The molecule has 0 aliphatic heterocycles. The SMILES string of the molecule is [2H]c1c([2H])c([2H])c2c(c1[2H])-c1c([2H])c([2H])c([2H])c([2H])c1C21c2c([2H])c([2H])c([2H])c([2H])c2-c2c([2H])c([2H])c(N(c3ccc4c(c3)C(C)(C)c3ccccc3-4)c3ccc4sc5ccccc5c4c3)c([2H])c21. The normalized spacial score (nSPS) is 18.7. The Morgan fingerprint density at radius 2 is 1.02 bits per heavy atom. The zero-order valence-corrected chi connectivity index (χ0v) is 29.8. The van der Waals surface area contributed by atoms with Crippen LogP contribution in [0, 0.1) is 0 Å². The summed E-state index contributed by atoms with van der Waals surface area (Å²) in [7, 11) is 0. The predicted octanol–water partition coefficient (Wildman–Crippen LogP) is 14.2. The summed E-state index contributed by atoms with van der Waals surface area (Å²) >= 11 is 1.60. The molecule has 254 valence electrons. The first-order valence-electron chi connectivity index (χ1n) is 25.2. The lowest BCUT2D eigenvalue weighted by Gasteiger charge is -2.32. The molecule has 1 aromatic heterocycles. The number of fused-ring (bicyclic) bond motifs is 16. The Morgan fingerprint density at radius 3 is 1.76 bits per heavy atom. The number of thiophene rings is 1. The van der Waals surface area contributed by atoms with Gasteiger partial charge < -0.3 is 4.90 Å². The van der Waals surface area contributed by atoms with Gasteiger partial charge in [-0.25, -0.2) is 0 Å². The predicted molar refractivity (Wildman–Crippen MR) is 228 cm³/mol. The summed E-state index contributed by atoms with van der Waals surface area (Å²) in [4.78, 5) is 1.71. The smallest absolute Gasteiger partial charge is 0.0726 e. The number of rotatable bonds is 3. The molecule has 0 amide bonds. The van der Waals surface area contributed by atoms with Crippen LogP contribution in [0.2, 0.25) is 0 Å². The van der Waals surface area contributed by atoms with Crippen LogP contribution in [0.15, 0.2) is 176 Å². The molecule has 3 aliphatic carbocycles. The fraction of sp³-hybridized carbons (Fsp3) is 0.0769. The van der Waals surface area contributed by atoms with Gasteiger partial charge in [0.2, 0.25) is 0 Å². The van der Waals surface area contributed by atoms with Gasteiger partial charge in [0.05, 0.1) is 26.0 Å². The number of anilines is 3. The second-order valence-corrected chi connectivity index (χ2v) is 15.6. The minimum absolute atomic E-state index is 0.162. The number of hydrogen-bond donors (Lipinski definition) is 0. The molecule has 12 rings (SSSR count). The van der Waals surface area contributed by atoms with Crippen molar-refractivity contribution in [1.29, 1.82) is 0 Å². The van der Waals surface area contributed by atoms with Crippen molar-refractivity contribution in [2.75, 3.05) is 4.90 Å². The highest BCUT2D eigenvalue weighted by molar-refractivity contribution is 7.25. The second-order valence-electron chi connectivity index (χ2n) is 14.5. The summed E-state index contributed by atoms with van der Waals surface area (Å²) in [6.45, 7) is 4.24. The minimum Gasteiger partial charge on any atom is -0.310 e. The summed E-state index contributed by atoms with van der Waals surface area (Å²) in [5, 5.41) is 1.85. The molecule has 1 spiro atoms. The lowest BCUT2D eigenvalue weighted by atomic mass is 9.70. The lowest BCUT2D eigenvalue weighted by molar-refractivity contribution is 0.660. The van der Waals surface area contributed by atoms with Gasteiger partial charge in [-0.05, 0) is 115 Å². The number of benzene rings is 8. The average molecular weight is 721 g/mol. The summed E-state index contributed by atoms with van der Waals surface area (Å²) in [5.41, 5.74) is -0.527. The molecule has 0 bridgehead atoms. The quantitative estimate of drug-likeness (QED) is 0.176. The van der Waals surface area contributed by atoms with Crippen LogP contribution in [-0.4, -0.2) is 0 Å². The van der Waals surface area contributed by atoms with Crippen molar-refractivity contribution in [2.45, 2.75) is 24.7 Å². The van der Waals surface area contributed by atoms with Crippen molar-refractivity contribution < 1.29 is 20.6 Å². The third kappa shape index (κ3) is 3.78. The molecule has 9 aromatic rings. The van der Waals surface area contributed by atoms with Crippen LogP contribution in [-0.2, 0) is 10.8 Å². The molecule has 3 aliphatic rings. The van der Waals surface area contributed by atoms with Crippen LogP contribution in [0.3, 0.4) is 0 Å². The fourth-order valence-electron chi connectivity index (χ4n) is 9.16. The monoisotopic (exact) mass is 720 g/mol. The molecule has 0 atom stereocenters. The van der Waals surface area contributed by atoms with E-state index in [2.05, 4.69) is 26.0 Å². The van der Waals surface area contributed by atoms with E-state index in [1.807, 2.05) is 72.8 Å². The van der Waals surface area contributed by atoms with Crippen LogP contribution >= 0.6 is 11.3 Å². The molecule has 0 radical (unpaired) electrons. The van der Waals surface area contributed by atoms with Crippen molar-refractivity contribution in [3.63, 3.8) is 0 Å². The molecular formula is C52H35NS. The molecule has 0 saturated heterocycles. The maximum Gasteiger partial charge on any atom is 0.0726 e. The van der Waals surface area contributed by atoms with Gasteiger partial charge in [-0.15, -0.1) is 11.3 Å². The van der Waals surface area contributed by atoms with Gasteiger partial charge in [0.25, 0.3) is 0 Å². The number of hydrogen-bond acceptors (Lipinski definition) is 2. The zero-order valence-electron chi connectivity index (χ0n) is 43.9. The van der Waals surface area contributed by atoms with Gasteiger partial charge in [0.1, 0.15) is 0 Å². The Kier molecular flexibility index (Phi) is 3.80. The van der Waals surface area contributed by atoms with Crippen molar-refractivity contribution in [3.05, 3.63) is 209 Å². The third-order valence-corrected chi connectivity index (χ3v) is 12.7. The summed E-state index contributed by atoms with van der Waals surface area (Å²) < 4.78 is 143. The van der Waals surface area contributed by atoms with Gasteiger partial charge in [0, 0.05) is 42.6 Å². The molecule has 2 heteroatoms. The van der Waals surface area contributed by atoms with E-state index in [-0.39, 0.29) is 50.2 Å². The van der Waals surface area contributed by atoms with E-state index in [1.165, 1.54) is 0 Å². The molecule has 8 aromatic carbocycles. The summed E-state index contributed by atoms with van der Waals surface area (Å²) in [6.07, 6.45) is 0. The molecule has 1 heterocycles. The topological polar surface area (TPSA) is 3.24 Å². The maximum atomic E-state index is 10.7. The van der Waals surface area contributed by atoms with Crippen LogP contribution < -0.4 is 4.90 Å². The van der Waals surface area contributed by atoms with E-state index in [0.717, 1.165) is 42.4 Å². The van der Waals surface area contributed by atoms with Gasteiger partial charge in [0.15, 0.2) is 0 Å².